The van der Waals surface area contributed by atoms with Crippen LogP contribution in [-0.2, 0) is 19.6 Å². The van der Waals surface area contributed by atoms with Crippen molar-refractivity contribution in [2.75, 3.05) is 24.4 Å². The van der Waals surface area contributed by atoms with E-state index in [2.05, 4.69) is 4.72 Å². The van der Waals surface area contributed by atoms with Gasteiger partial charge in [0.1, 0.15) is 23.8 Å². The number of likely N-dealkylation sites (tertiary alicyclic amines) is 1. The lowest BCUT2D eigenvalue weighted by Gasteiger charge is -2.38. The largest absolute Gasteiger partial charge is 0.487 e. The van der Waals surface area contributed by atoms with Crippen LogP contribution in [0.5, 0.6) is 5.75 Å². The molecule has 0 saturated carbocycles. The zero-order valence-electron chi connectivity index (χ0n) is 19.2. The number of halogens is 1. The molecule has 2 aromatic rings. The number of rotatable bonds is 6. The molecule has 188 valence electrons. The Labute approximate surface area is 204 Å². The molecule has 0 unspecified atom stereocenters. The molecule has 10 heteroatoms. The first-order valence-corrected chi connectivity index (χ1v) is 13.5. The third-order valence-corrected chi connectivity index (χ3v) is 8.38. The first-order chi connectivity index (χ1) is 16.8. The minimum Gasteiger partial charge on any atom is -0.487 e. The van der Waals surface area contributed by atoms with Crippen LogP contribution in [0.3, 0.4) is 0 Å². The zero-order chi connectivity index (χ0) is 24.6. The average molecular weight is 505 g/mol. The zero-order valence-corrected chi connectivity index (χ0v) is 20.0. The highest BCUT2D eigenvalue weighted by molar-refractivity contribution is 7.92. The van der Waals surface area contributed by atoms with E-state index in [1.54, 1.807) is 18.2 Å². The summed E-state index contributed by atoms with van der Waals surface area (Å²) in [4.78, 5) is 14.7. The summed E-state index contributed by atoms with van der Waals surface area (Å²) in [7, 11) is -3.90. The lowest BCUT2D eigenvalue weighted by molar-refractivity contribution is -0.149. The fraction of sp³-hybridized carbons (Fsp3) is 0.480. The van der Waals surface area contributed by atoms with Crippen LogP contribution in [-0.4, -0.2) is 62.3 Å². The summed E-state index contributed by atoms with van der Waals surface area (Å²) < 4.78 is 53.4. The third kappa shape index (κ3) is 5.00. The lowest BCUT2D eigenvalue weighted by Crippen LogP contribution is -2.48. The maximum absolute atomic E-state index is 13.2. The number of sulfonamides is 1. The van der Waals surface area contributed by atoms with Crippen LogP contribution >= 0.6 is 0 Å². The minimum atomic E-state index is -3.90. The molecule has 8 nitrogen and oxygen atoms in total. The van der Waals surface area contributed by atoms with Crippen LogP contribution in [0.15, 0.2) is 47.4 Å². The molecule has 1 amide bonds. The molecule has 3 aliphatic heterocycles. The van der Waals surface area contributed by atoms with E-state index in [0.29, 0.717) is 17.9 Å². The number of nitrogens with one attached hydrogen (secondary N) is 1. The number of piperidine rings is 1. The van der Waals surface area contributed by atoms with Gasteiger partial charge in [0.05, 0.1) is 24.0 Å². The Morgan fingerprint density at radius 2 is 1.86 bits per heavy atom. The van der Waals surface area contributed by atoms with Gasteiger partial charge in [-0.25, -0.2) is 12.8 Å². The summed E-state index contributed by atoms with van der Waals surface area (Å²) >= 11 is 0. The van der Waals surface area contributed by atoms with Gasteiger partial charge in [0.15, 0.2) is 0 Å². The average Bonchev–Trinajstić information content (AvgIpc) is 3.22. The van der Waals surface area contributed by atoms with Crippen LogP contribution in [0, 0.1) is 5.82 Å². The van der Waals surface area contributed by atoms with Crippen LogP contribution in [0.1, 0.15) is 43.6 Å². The number of amides is 1. The van der Waals surface area contributed by atoms with Crippen molar-refractivity contribution < 1.29 is 32.2 Å². The van der Waals surface area contributed by atoms with E-state index < -0.39 is 28.0 Å². The molecule has 5 rings (SSSR count). The Kier molecular flexibility index (Phi) is 6.69. The van der Waals surface area contributed by atoms with Gasteiger partial charge >= 0.3 is 0 Å². The van der Waals surface area contributed by atoms with Crippen LogP contribution in [0.25, 0.3) is 0 Å². The van der Waals surface area contributed by atoms with Crippen molar-refractivity contribution in [2.45, 2.75) is 61.2 Å². The Morgan fingerprint density at radius 3 is 2.57 bits per heavy atom. The molecular weight excluding hydrogens is 475 g/mol. The molecule has 2 N–H and O–H groups in total. The maximum Gasteiger partial charge on any atom is 0.261 e. The predicted molar refractivity (Wildman–Crippen MR) is 126 cm³/mol. The monoisotopic (exact) mass is 504 g/mol. The number of hydrogen-bond donors (Lipinski definition) is 2. The second kappa shape index (κ2) is 9.75. The standard InChI is InChI=1S/C25H29FN2O6S/c26-16-4-7-19(8-5-16)35(31,32)27-17-6-9-22-20(12-17)21-13-18(33-23(15-29)25(21)34-22)14-24(30)28-10-2-1-3-11-28/h4-9,12,18,21,23,25,27,29H,1-3,10-11,13-15H2/t18-,21-,23-,25+/m0/s1. The van der Waals surface area contributed by atoms with E-state index >= 15 is 0 Å². The summed E-state index contributed by atoms with van der Waals surface area (Å²) in [6, 6.07) is 9.62. The van der Waals surface area contributed by atoms with E-state index in [1.807, 2.05) is 4.90 Å². The maximum atomic E-state index is 13.2. The number of aliphatic hydroxyl groups excluding tert-OH is 1. The Balaban J connectivity index is 1.34. The van der Waals surface area contributed by atoms with Gasteiger partial charge in [-0.2, -0.15) is 0 Å². The normalized spacial score (nSPS) is 25.9. The minimum absolute atomic E-state index is 0.0452. The molecule has 4 atom stereocenters. The molecule has 2 saturated heterocycles. The Morgan fingerprint density at radius 1 is 1.11 bits per heavy atom. The second-order valence-electron chi connectivity index (χ2n) is 9.36. The fourth-order valence-electron chi connectivity index (χ4n) is 5.25. The van der Waals surface area contributed by atoms with Crippen molar-refractivity contribution >= 4 is 21.6 Å². The number of anilines is 1. The molecule has 2 aromatic carbocycles. The van der Waals surface area contributed by atoms with Crippen molar-refractivity contribution in [3.8, 4) is 5.75 Å². The molecule has 0 spiro atoms. The Hall–Kier alpha value is -2.69. The molecule has 0 aliphatic carbocycles. The topological polar surface area (TPSA) is 105 Å². The van der Waals surface area contributed by atoms with E-state index in [9.17, 15) is 22.7 Å². The number of carbonyl (C=O) groups excluding carboxylic acids is 1. The lowest BCUT2D eigenvalue weighted by atomic mass is 9.84. The molecule has 0 aromatic heterocycles. The van der Waals surface area contributed by atoms with Gasteiger partial charge in [0.2, 0.25) is 5.91 Å². The number of aliphatic hydroxyl groups is 1. The van der Waals surface area contributed by atoms with Gasteiger partial charge in [0.25, 0.3) is 10.0 Å². The molecule has 2 fully saturated rings. The third-order valence-electron chi connectivity index (χ3n) is 6.99. The molecule has 3 aliphatic rings. The van der Waals surface area contributed by atoms with Gasteiger partial charge in [-0.3, -0.25) is 9.52 Å². The summed E-state index contributed by atoms with van der Waals surface area (Å²) in [5.74, 6) is 0.000791. The first-order valence-electron chi connectivity index (χ1n) is 12.0. The molecule has 3 heterocycles. The highest BCUT2D eigenvalue weighted by atomic mass is 32.2. The van der Waals surface area contributed by atoms with Crippen LogP contribution < -0.4 is 9.46 Å². The quantitative estimate of drug-likeness (QED) is 0.627. The van der Waals surface area contributed by atoms with Crippen molar-refractivity contribution in [2.24, 2.45) is 0 Å². The van der Waals surface area contributed by atoms with E-state index in [0.717, 1.165) is 50.0 Å². The summed E-state index contributed by atoms with van der Waals surface area (Å²) in [6.45, 7) is 1.29. The highest BCUT2D eigenvalue weighted by Gasteiger charge is 2.46. The van der Waals surface area contributed by atoms with E-state index in [4.69, 9.17) is 9.47 Å². The Bertz CT molecular complexity index is 1180. The summed E-state index contributed by atoms with van der Waals surface area (Å²) in [5, 5.41) is 9.95. The predicted octanol–water partition coefficient (Wildman–Crippen LogP) is 3.02. The van der Waals surface area contributed by atoms with Crippen molar-refractivity contribution in [3.63, 3.8) is 0 Å². The van der Waals surface area contributed by atoms with Gasteiger partial charge in [-0.15, -0.1) is 0 Å². The van der Waals surface area contributed by atoms with Gasteiger partial charge in [0, 0.05) is 30.3 Å². The number of benzene rings is 2. The SMILES string of the molecule is O=C(C[C@@H]1C[C@H]2c3cc(NS(=O)(=O)c4ccc(F)cc4)ccc3O[C@H]2[C@H](CO)O1)N1CCCCC1. The molecule has 35 heavy (non-hydrogen) atoms. The first kappa shape index (κ1) is 24.0. The summed E-state index contributed by atoms with van der Waals surface area (Å²) in [5.41, 5.74) is 1.16. The number of nitrogens with zero attached hydrogens (tertiary/aromatic N) is 1. The van der Waals surface area contributed by atoms with Gasteiger partial charge < -0.3 is 19.5 Å². The van der Waals surface area contributed by atoms with Gasteiger partial charge in [-0.05, 0) is 68.1 Å². The van der Waals surface area contributed by atoms with E-state index in [-0.39, 0.29) is 35.9 Å². The van der Waals surface area contributed by atoms with Crippen LogP contribution in [0.4, 0.5) is 10.1 Å². The number of ether oxygens (including phenoxy) is 2. The van der Waals surface area contributed by atoms with E-state index in [1.165, 1.54) is 12.1 Å². The van der Waals surface area contributed by atoms with Crippen molar-refractivity contribution in [1.29, 1.82) is 0 Å². The van der Waals surface area contributed by atoms with Crippen LogP contribution in [0.2, 0.25) is 0 Å². The summed E-state index contributed by atoms with van der Waals surface area (Å²) in [6.07, 6.45) is 2.57. The number of carbonyl (C=O) groups is 1. The number of hydrogen-bond acceptors (Lipinski definition) is 6. The smallest absolute Gasteiger partial charge is 0.261 e. The van der Waals surface area contributed by atoms with Gasteiger partial charge in [-0.1, -0.05) is 0 Å². The fourth-order valence-corrected chi connectivity index (χ4v) is 6.30. The molecule has 0 bridgehead atoms. The highest BCUT2D eigenvalue weighted by Crippen LogP contribution is 2.47. The molecular formula is C25H29FN2O6S. The second-order valence-corrected chi connectivity index (χ2v) is 11.0. The van der Waals surface area contributed by atoms with Crippen molar-refractivity contribution in [3.05, 3.63) is 53.8 Å². The van der Waals surface area contributed by atoms with Crippen molar-refractivity contribution in [1.82, 2.24) is 4.90 Å². The molecule has 0 radical (unpaired) electrons. The number of fused-ring (bicyclic) bond motifs is 3.